The van der Waals surface area contributed by atoms with Crippen LogP contribution in [-0.2, 0) is 0 Å². The maximum absolute atomic E-state index is 5.89. The monoisotopic (exact) mass is 277 g/mol. The Kier molecular flexibility index (Phi) is 3.81. The molecule has 1 aliphatic carbocycles. The van der Waals surface area contributed by atoms with E-state index in [2.05, 4.69) is 15.9 Å². The molecule has 14 heavy (non-hydrogen) atoms. The molecule has 2 rings (SSSR count). The molecular weight excluding hydrogens is 265 g/mol. The van der Waals surface area contributed by atoms with Gasteiger partial charge in [0.05, 0.1) is 5.54 Å². The van der Waals surface area contributed by atoms with Crippen LogP contribution in [-0.4, -0.2) is 12.1 Å². The van der Waals surface area contributed by atoms with Crippen LogP contribution in [0.25, 0.3) is 0 Å². The molecule has 4 heteroatoms. The first-order valence-corrected chi connectivity index (χ1v) is 5.15. The zero-order chi connectivity index (χ0) is 9.31. The van der Waals surface area contributed by atoms with Crippen molar-refractivity contribution in [3.63, 3.8) is 0 Å². The molecular formula is C10H13BrClNO. The van der Waals surface area contributed by atoms with E-state index in [4.69, 9.17) is 10.5 Å². The van der Waals surface area contributed by atoms with Gasteiger partial charge in [0.25, 0.3) is 0 Å². The van der Waals surface area contributed by atoms with Crippen molar-refractivity contribution in [2.45, 2.75) is 18.4 Å². The molecule has 1 aromatic rings. The van der Waals surface area contributed by atoms with Crippen LogP contribution in [0.5, 0.6) is 5.75 Å². The molecule has 0 amide bonds. The molecule has 0 saturated heterocycles. The molecule has 1 fully saturated rings. The minimum atomic E-state index is -0.0346. The van der Waals surface area contributed by atoms with Crippen molar-refractivity contribution in [3.8, 4) is 5.75 Å². The van der Waals surface area contributed by atoms with E-state index in [0.29, 0.717) is 6.61 Å². The molecule has 2 nitrogen and oxygen atoms in total. The first kappa shape index (κ1) is 11.8. The number of hydrogen-bond acceptors (Lipinski definition) is 2. The fraction of sp³-hybridized carbons (Fsp3) is 0.400. The van der Waals surface area contributed by atoms with Crippen LogP contribution in [0.3, 0.4) is 0 Å². The van der Waals surface area contributed by atoms with E-state index in [1.165, 1.54) is 0 Å². The molecule has 2 N–H and O–H groups in total. The first-order valence-electron chi connectivity index (χ1n) is 4.35. The third-order valence-electron chi connectivity index (χ3n) is 2.23. The molecule has 78 valence electrons. The van der Waals surface area contributed by atoms with Gasteiger partial charge in [0.1, 0.15) is 12.4 Å². The molecule has 0 spiro atoms. The number of hydrogen-bond donors (Lipinski definition) is 1. The first-order chi connectivity index (χ1) is 6.18. The average molecular weight is 279 g/mol. The quantitative estimate of drug-likeness (QED) is 0.923. The summed E-state index contributed by atoms with van der Waals surface area (Å²) in [5.74, 6) is 0.889. The highest BCUT2D eigenvalue weighted by Gasteiger charge is 2.39. The van der Waals surface area contributed by atoms with Crippen molar-refractivity contribution >= 4 is 28.3 Å². The van der Waals surface area contributed by atoms with Gasteiger partial charge in [-0.05, 0) is 37.1 Å². The van der Waals surface area contributed by atoms with Gasteiger partial charge in [-0.1, -0.05) is 15.9 Å². The van der Waals surface area contributed by atoms with Crippen molar-refractivity contribution in [2.75, 3.05) is 6.61 Å². The summed E-state index contributed by atoms with van der Waals surface area (Å²) < 4.78 is 6.61. The Morgan fingerprint density at radius 1 is 1.29 bits per heavy atom. The molecule has 1 aromatic carbocycles. The lowest BCUT2D eigenvalue weighted by molar-refractivity contribution is 0.279. The van der Waals surface area contributed by atoms with E-state index in [9.17, 15) is 0 Å². The van der Waals surface area contributed by atoms with E-state index in [0.717, 1.165) is 23.1 Å². The highest BCUT2D eigenvalue weighted by molar-refractivity contribution is 9.10. The van der Waals surface area contributed by atoms with Crippen LogP contribution in [0.4, 0.5) is 0 Å². The summed E-state index contributed by atoms with van der Waals surface area (Å²) in [6.07, 6.45) is 2.17. The van der Waals surface area contributed by atoms with Gasteiger partial charge in [0, 0.05) is 4.47 Å². The van der Waals surface area contributed by atoms with Crippen molar-refractivity contribution in [1.29, 1.82) is 0 Å². The third-order valence-corrected chi connectivity index (χ3v) is 2.76. The van der Waals surface area contributed by atoms with Crippen LogP contribution in [0.2, 0.25) is 0 Å². The van der Waals surface area contributed by atoms with Crippen LogP contribution in [0, 0.1) is 0 Å². The molecule has 0 unspecified atom stereocenters. The smallest absolute Gasteiger partial charge is 0.119 e. The second kappa shape index (κ2) is 4.51. The summed E-state index contributed by atoms with van der Waals surface area (Å²) in [6.45, 7) is 0.634. The SMILES string of the molecule is Cl.NC1(COc2ccc(Br)cc2)CC1. The fourth-order valence-electron chi connectivity index (χ4n) is 1.06. The Labute approximate surface area is 98.4 Å². The highest BCUT2D eigenvalue weighted by Crippen LogP contribution is 2.32. The Morgan fingerprint density at radius 3 is 2.36 bits per heavy atom. The molecule has 0 aliphatic heterocycles. The number of rotatable bonds is 3. The van der Waals surface area contributed by atoms with Gasteiger partial charge in [-0.15, -0.1) is 12.4 Å². The normalized spacial score (nSPS) is 17.0. The Bertz CT molecular complexity index is 297. The molecule has 1 aliphatic rings. The summed E-state index contributed by atoms with van der Waals surface area (Å²) in [6, 6.07) is 7.81. The van der Waals surface area contributed by atoms with Gasteiger partial charge >= 0.3 is 0 Å². The standard InChI is InChI=1S/C10H12BrNO.ClH/c11-8-1-3-9(4-2-8)13-7-10(12)5-6-10;/h1-4H,5-7,12H2;1H. The van der Waals surface area contributed by atoms with Crippen molar-refractivity contribution in [1.82, 2.24) is 0 Å². The van der Waals surface area contributed by atoms with E-state index in [1.54, 1.807) is 0 Å². The molecule has 0 bridgehead atoms. The maximum atomic E-state index is 5.89. The molecule has 0 aromatic heterocycles. The zero-order valence-corrected chi connectivity index (χ0v) is 10.1. The summed E-state index contributed by atoms with van der Waals surface area (Å²) in [4.78, 5) is 0. The summed E-state index contributed by atoms with van der Waals surface area (Å²) in [5.41, 5.74) is 5.86. The number of halogens is 2. The Balaban J connectivity index is 0.000000980. The topological polar surface area (TPSA) is 35.2 Å². The molecule has 0 heterocycles. The molecule has 1 saturated carbocycles. The fourth-order valence-corrected chi connectivity index (χ4v) is 1.33. The average Bonchev–Trinajstić information content (AvgIpc) is 2.84. The predicted molar refractivity (Wildman–Crippen MR) is 63.0 cm³/mol. The maximum Gasteiger partial charge on any atom is 0.119 e. The Morgan fingerprint density at radius 2 is 1.86 bits per heavy atom. The summed E-state index contributed by atoms with van der Waals surface area (Å²) in [5, 5.41) is 0. The van der Waals surface area contributed by atoms with Crippen molar-refractivity contribution in [3.05, 3.63) is 28.7 Å². The molecule has 0 radical (unpaired) electrons. The van der Waals surface area contributed by atoms with Crippen LogP contribution in [0.15, 0.2) is 28.7 Å². The van der Waals surface area contributed by atoms with Crippen molar-refractivity contribution < 1.29 is 4.74 Å². The number of benzene rings is 1. The highest BCUT2D eigenvalue weighted by atomic mass is 79.9. The predicted octanol–water partition coefficient (Wildman–Crippen LogP) is 2.74. The van der Waals surface area contributed by atoms with Gasteiger partial charge < -0.3 is 10.5 Å². The lowest BCUT2D eigenvalue weighted by Crippen LogP contribution is -2.29. The summed E-state index contributed by atoms with van der Waals surface area (Å²) >= 11 is 3.37. The minimum Gasteiger partial charge on any atom is -0.492 e. The number of nitrogens with two attached hydrogens (primary N) is 1. The van der Waals surface area contributed by atoms with Gasteiger partial charge in [-0.3, -0.25) is 0 Å². The third kappa shape index (κ3) is 3.15. The summed E-state index contributed by atoms with van der Waals surface area (Å²) in [7, 11) is 0. The van der Waals surface area contributed by atoms with Crippen molar-refractivity contribution in [2.24, 2.45) is 5.73 Å². The van der Waals surface area contributed by atoms with E-state index >= 15 is 0 Å². The van der Waals surface area contributed by atoms with E-state index in [-0.39, 0.29) is 17.9 Å². The second-order valence-corrected chi connectivity index (χ2v) is 4.52. The van der Waals surface area contributed by atoms with Crippen LogP contribution in [0.1, 0.15) is 12.8 Å². The largest absolute Gasteiger partial charge is 0.492 e. The van der Waals surface area contributed by atoms with E-state index < -0.39 is 0 Å². The Hall–Kier alpha value is -0.250. The van der Waals surface area contributed by atoms with Gasteiger partial charge in [0.15, 0.2) is 0 Å². The van der Waals surface area contributed by atoms with Gasteiger partial charge in [-0.25, -0.2) is 0 Å². The second-order valence-electron chi connectivity index (χ2n) is 3.60. The molecule has 0 atom stereocenters. The number of ether oxygens (including phenoxy) is 1. The van der Waals surface area contributed by atoms with Gasteiger partial charge in [0.2, 0.25) is 0 Å². The van der Waals surface area contributed by atoms with E-state index in [1.807, 2.05) is 24.3 Å². The van der Waals surface area contributed by atoms with Crippen LogP contribution < -0.4 is 10.5 Å². The lowest BCUT2D eigenvalue weighted by Gasteiger charge is -2.10. The zero-order valence-electron chi connectivity index (χ0n) is 7.70. The van der Waals surface area contributed by atoms with Crippen LogP contribution >= 0.6 is 28.3 Å². The minimum absolute atomic E-state index is 0. The van der Waals surface area contributed by atoms with Gasteiger partial charge in [-0.2, -0.15) is 0 Å². The lowest BCUT2D eigenvalue weighted by atomic mass is 10.3.